The number of carbonyl (C=O) groups is 1. The molecule has 0 aromatic heterocycles. The quantitative estimate of drug-likeness (QED) is 0.486. The monoisotopic (exact) mass is 279 g/mol. The Balaban J connectivity index is 2.71. The highest BCUT2D eigenvalue weighted by Crippen LogP contribution is 2.30. The fraction of sp³-hybridized carbons (Fsp3) is 0.706. The molecule has 0 aliphatic carbocycles. The average Bonchev–Trinajstić information content (AvgIpc) is 2.20. The molecule has 0 saturated carbocycles. The number of hydrogen-bond donors (Lipinski definition) is 1. The van der Waals surface area contributed by atoms with Crippen LogP contribution in [0.15, 0.2) is 23.3 Å². The SMILES string of the molecule is CC(C)=C/C=C(\C)C(=O)OC1CC(C)(C)NC(C)(C)C1. The fourth-order valence-electron chi connectivity index (χ4n) is 2.92. The van der Waals surface area contributed by atoms with E-state index in [2.05, 4.69) is 33.0 Å². The molecule has 1 heterocycles. The van der Waals surface area contributed by atoms with Crippen molar-refractivity contribution in [2.24, 2.45) is 0 Å². The highest BCUT2D eigenvalue weighted by atomic mass is 16.5. The molecule has 0 bridgehead atoms. The van der Waals surface area contributed by atoms with Gasteiger partial charge in [-0.15, -0.1) is 0 Å². The number of hydrogen-bond acceptors (Lipinski definition) is 3. The maximum absolute atomic E-state index is 12.1. The van der Waals surface area contributed by atoms with Crippen molar-refractivity contribution in [3.05, 3.63) is 23.3 Å². The van der Waals surface area contributed by atoms with Crippen molar-refractivity contribution in [3.63, 3.8) is 0 Å². The van der Waals surface area contributed by atoms with Gasteiger partial charge in [-0.2, -0.15) is 0 Å². The van der Waals surface area contributed by atoms with E-state index >= 15 is 0 Å². The zero-order valence-electron chi connectivity index (χ0n) is 14.0. The van der Waals surface area contributed by atoms with E-state index in [0.29, 0.717) is 5.57 Å². The lowest BCUT2D eigenvalue weighted by Gasteiger charge is -2.45. The molecule has 0 radical (unpaired) electrons. The molecular weight excluding hydrogens is 250 g/mol. The number of piperidine rings is 1. The standard InChI is InChI=1S/C17H29NO2/c1-12(2)8-9-13(3)15(19)20-14-10-16(4,5)18-17(6,7)11-14/h8-9,14,18H,10-11H2,1-7H3/b13-9+. The predicted octanol–water partition coefficient (Wildman–Crippen LogP) is 3.75. The van der Waals surface area contributed by atoms with Gasteiger partial charge in [0.25, 0.3) is 0 Å². The molecule has 1 saturated heterocycles. The number of carbonyl (C=O) groups excluding carboxylic acids is 1. The summed E-state index contributed by atoms with van der Waals surface area (Å²) in [5, 5.41) is 3.59. The van der Waals surface area contributed by atoms with E-state index in [1.165, 1.54) is 5.57 Å². The van der Waals surface area contributed by atoms with Crippen molar-refractivity contribution in [2.45, 2.75) is 78.5 Å². The van der Waals surface area contributed by atoms with Crippen LogP contribution in [0.5, 0.6) is 0 Å². The first-order valence-electron chi connectivity index (χ1n) is 7.33. The molecule has 0 aromatic rings. The molecule has 0 atom stereocenters. The highest BCUT2D eigenvalue weighted by Gasteiger charge is 2.39. The fourth-order valence-corrected chi connectivity index (χ4v) is 2.92. The molecule has 0 spiro atoms. The van der Waals surface area contributed by atoms with Crippen LogP contribution in [0.2, 0.25) is 0 Å². The third kappa shape index (κ3) is 5.49. The lowest BCUT2D eigenvalue weighted by Crippen LogP contribution is -2.59. The molecule has 0 unspecified atom stereocenters. The largest absolute Gasteiger partial charge is 0.459 e. The molecular formula is C17H29NO2. The molecule has 1 aliphatic heterocycles. The van der Waals surface area contributed by atoms with Crippen molar-refractivity contribution in [1.82, 2.24) is 5.32 Å². The van der Waals surface area contributed by atoms with E-state index in [1.807, 2.05) is 26.0 Å². The van der Waals surface area contributed by atoms with Gasteiger partial charge in [0.15, 0.2) is 0 Å². The predicted molar refractivity (Wildman–Crippen MR) is 83.6 cm³/mol. The number of ether oxygens (including phenoxy) is 1. The van der Waals surface area contributed by atoms with E-state index < -0.39 is 0 Å². The van der Waals surface area contributed by atoms with E-state index in [4.69, 9.17) is 4.74 Å². The van der Waals surface area contributed by atoms with Crippen LogP contribution in [0.3, 0.4) is 0 Å². The van der Waals surface area contributed by atoms with Gasteiger partial charge in [-0.05, 0) is 48.5 Å². The minimum atomic E-state index is -0.207. The summed E-state index contributed by atoms with van der Waals surface area (Å²) in [7, 11) is 0. The van der Waals surface area contributed by atoms with E-state index in [-0.39, 0.29) is 23.2 Å². The first-order valence-corrected chi connectivity index (χ1v) is 7.33. The van der Waals surface area contributed by atoms with E-state index in [1.54, 1.807) is 6.92 Å². The lowest BCUT2D eigenvalue weighted by molar-refractivity contribution is -0.148. The van der Waals surface area contributed by atoms with Crippen LogP contribution in [-0.4, -0.2) is 23.2 Å². The van der Waals surface area contributed by atoms with Crippen LogP contribution in [-0.2, 0) is 9.53 Å². The Morgan fingerprint density at radius 1 is 1.05 bits per heavy atom. The zero-order chi connectivity index (χ0) is 15.6. The maximum Gasteiger partial charge on any atom is 0.333 e. The number of esters is 1. The normalized spacial score (nSPS) is 22.2. The van der Waals surface area contributed by atoms with Crippen molar-refractivity contribution in [1.29, 1.82) is 0 Å². The topological polar surface area (TPSA) is 38.3 Å². The van der Waals surface area contributed by atoms with Crippen LogP contribution >= 0.6 is 0 Å². The van der Waals surface area contributed by atoms with Crippen LogP contribution < -0.4 is 5.32 Å². The number of rotatable bonds is 3. The summed E-state index contributed by atoms with van der Waals surface area (Å²) >= 11 is 0. The first kappa shape index (κ1) is 17.0. The molecule has 114 valence electrons. The summed E-state index contributed by atoms with van der Waals surface area (Å²) in [6.45, 7) is 14.4. The molecule has 0 aromatic carbocycles. The molecule has 3 heteroatoms. The molecule has 20 heavy (non-hydrogen) atoms. The van der Waals surface area contributed by atoms with Gasteiger partial charge >= 0.3 is 5.97 Å². The van der Waals surface area contributed by atoms with Gasteiger partial charge in [0.05, 0.1) is 0 Å². The Morgan fingerprint density at radius 2 is 1.55 bits per heavy atom. The molecule has 1 N–H and O–H groups in total. The van der Waals surface area contributed by atoms with Gasteiger partial charge in [0, 0.05) is 29.5 Å². The third-order valence-electron chi connectivity index (χ3n) is 3.42. The molecule has 1 rings (SSSR count). The summed E-state index contributed by atoms with van der Waals surface area (Å²) in [5.74, 6) is -0.207. The van der Waals surface area contributed by atoms with Crippen molar-refractivity contribution in [3.8, 4) is 0 Å². The molecule has 1 fully saturated rings. The van der Waals surface area contributed by atoms with Crippen molar-refractivity contribution < 1.29 is 9.53 Å². The minimum absolute atomic E-state index is 0.00970. The van der Waals surface area contributed by atoms with Crippen LogP contribution in [0.25, 0.3) is 0 Å². The summed E-state index contributed by atoms with van der Waals surface area (Å²) < 4.78 is 5.68. The second kappa shape index (κ2) is 6.13. The van der Waals surface area contributed by atoms with Gasteiger partial charge < -0.3 is 10.1 Å². The summed E-state index contributed by atoms with van der Waals surface area (Å²) in [4.78, 5) is 12.1. The number of nitrogens with one attached hydrogen (secondary N) is 1. The smallest absolute Gasteiger partial charge is 0.333 e. The minimum Gasteiger partial charge on any atom is -0.459 e. The van der Waals surface area contributed by atoms with Gasteiger partial charge in [-0.3, -0.25) is 0 Å². The Bertz CT molecular complexity index is 410. The molecule has 3 nitrogen and oxygen atoms in total. The Kier molecular flexibility index (Phi) is 5.20. The Labute approximate surface area is 123 Å². The van der Waals surface area contributed by atoms with Crippen LogP contribution in [0.4, 0.5) is 0 Å². The second-order valence-electron chi connectivity index (χ2n) is 7.42. The zero-order valence-corrected chi connectivity index (χ0v) is 14.0. The van der Waals surface area contributed by atoms with Crippen molar-refractivity contribution in [2.75, 3.05) is 0 Å². The van der Waals surface area contributed by atoms with E-state index in [9.17, 15) is 4.79 Å². The van der Waals surface area contributed by atoms with Crippen LogP contribution in [0, 0.1) is 0 Å². The molecule has 0 amide bonds. The lowest BCUT2D eigenvalue weighted by atomic mass is 9.81. The van der Waals surface area contributed by atoms with Gasteiger partial charge in [0.2, 0.25) is 0 Å². The van der Waals surface area contributed by atoms with E-state index in [0.717, 1.165) is 12.8 Å². The van der Waals surface area contributed by atoms with Crippen molar-refractivity contribution >= 4 is 5.97 Å². The summed E-state index contributed by atoms with van der Waals surface area (Å²) in [6.07, 6.45) is 5.43. The average molecular weight is 279 g/mol. The van der Waals surface area contributed by atoms with Gasteiger partial charge in [-0.25, -0.2) is 4.79 Å². The Morgan fingerprint density at radius 3 is 2.00 bits per heavy atom. The Hall–Kier alpha value is -1.09. The van der Waals surface area contributed by atoms with Crippen LogP contribution in [0.1, 0.15) is 61.3 Å². The third-order valence-corrected chi connectivity index (χ3v) is 3.42. The molecule has 1 aliphatic rings. The van der Waals surface area contributed by atoms with Gasteiger partial charge in [-0.1, -0.05) is 17.7 Å². The second-order valence-corrected chi connectivity index (χ2v) is 7.42. The first-order chi connectivity index (χ1) is 9.01. The summed E-state index contributed by atoms with van der Waals surface area (Å²) in [5.41, 5.74) is 1.80. The van der Waals surface area contributed by atoms with Gasteiger partial charge in [0.1, 0.15) is 6.10 Å². The summed E-state index contributed by atoms with van der Waals surface area (Å²) in [6, 6.07) is 0. The number of allylic oxidation sites excluding steroid dienone is 3. The highest BCUT2D eigenvalue weighted by molar-refractivity contribution is 5.88. The maximum atomic E-state index is 12.1.